The van der Waals surface area contributed by atoms with Crippen molar-refractivity contribution in [3.63, 3.8) is 0 Å². The monoisotopic (exact) mass is 742 g/mol. The molecule has 3 heteroatoms. The second-order valence-corrected chi connectivity index (χ2v) is 16.0. The lowest BCUT2D eigenvalue weighted by Gasteiger charge is -2.12. The molecular weight excluding hydrogens is 709 g/mol. The Labute approximate surface area is 333 Å². The van der Waals surface area contributed by atoms with E-state index in [1.807, 2.05) is 11.3 Å². The molecule has 2 nitrogen and oxygen atoms in total. The van der Waals surface area contributed by atoms with Crippen LogP contribution in [0.15, 0.2) is 206 Å². The summed E-state index contributed by atoms with van der Waals surface area (Å²) in [6.45, 7) is 0. The van der Waals surface area contributed by atoms with E-state index >= 15 is 0 Å². The molecule has 0 aliphatic carbocycles. The highest BCUT2D eigenvalue weighted by Crippen LogP contribution is 2.45. The molecule has 3 heterocycles. The Morgan fingerprint density at radius 1 is 0.281 bits per heavy atom. The number of rotatable bonds is 5. The van der Waals surface area contributed by atoms with Gasteiger partial charge in [-0.05, 0) is 112 Å². The van der Waals surface area contributed by atoms with Crippen molar-refractivity contribution in [2.24, 2.45) is 0 Å². The molecule has 3 aromatic heterocycles. The average molecular weight is 743 g/mol. The van der Waals surface area contributed by atoms with E-state index in [-0.39, 0.29) is 0 Å². The zero-order valence-electron chi connectivity index (χ0n) is 30.9. The first-order valence-corrected chi connectivity index (χ1v) is 20.3. The summed E-state index contributed by atoms with van der Waals surface area (Å²) in [4.78, 5) is 0. The number of fused-ring (bicyclic) bond motifs is 9. The fourth-order valence-electron chi connectivity index (χ4n) is 9.13. The molecule has 266 valence electrons. The van der Waals surface area contributed by atoms with Gasteiger partial charge in [0.2, 0.25) is 0 Å². The Bertz CT molecular complexity index is 3510. The van der Waals surface area contributed by atoms with E-state index in [9.17, 15) is 0 Å². The molecule has 12 aromatic rings. The molecule has 0 amide bonds. The average Bonchev–Trinajstić information content (AvgIpc) is 3.94. The predicted octanol–water partition coefficient (Wildman–Crippen LogP) is 15.2. The molecule has 9 aromatic carbocycles. The van der Waals surface area contributed by atoms with Crippen LogP contribution in [-0.4, -0.2) is 9.13 Å². The van der Waals surface area contributed by atoms with Gasteiger partial charge in [-0.2, -0.15) is 0 Å². The van der Waals surface area contributed by atoms with Crippen LogP contribution < -0.4 is 0 Å². The summed E-state index contributed by atoms with van der Waals surface area (Å²) in [6.07, 6.45) is 0. The van der Waals surface area contributed by atoms with E-state index in [1.54, 1.807) is 0 Å². The normalized spacial score (nSPS) is 11.9. The lowest BCUT2D eigenvalue weighted by Crippen LogP contribution is -1.94. The summed E-state index contributed by atoms with van der Waals surface area (Å²) in [5.41, 5.74) is 14.5. The third-order valence-corrected chi connectivity index (χ3v) is 12.8. The van der Waals surface area contributed by atoms with Crippen molar-refractivity contribution in [2.45, 2.75) is 0 Å². The quantitative estimate of drug-likeness (QED) is 0.166. The highest BCUT2D eigenvalue weighted by Gasteiger charge is 2.19. The molecule has 0 fully saturated rings. The van der Waals surface area contributed by atoms with Gasteiger partial charge in [-0.15, -0.1) is 11.3 Å². The molecule has 0 radical (unpaired) electrons. The number of aromatic nitrogens is 2. The molecule has 0 aliphatic rings. The Morgan fingerprint density at radius 2 is 0.807 bits per heavy atom. The Morgan fingerprint density at radius 3 is 1.54 bits per heavy atom. The van der Waals surface area contributed by atoms with E-state index < -0.39 is 0 Å². The van der Waals surface area contributed by atoms with Gasteiger partial charge in [0.15, 0.2) is 0 Å². The number of nitrogens with zero attached hydrogens (tertiary/aromatic N) is 2. The van der Waals surface area contributed by atoms with Crippen molar-refractivity contribution in [1.29, 1.82) is 0 Å². The third kappa shape index (κ3) is 5.03. The minimum absolute atomic E-state index is 1.16. The number of thiophene rings is 1. The van der Waals surface area contributed by atoms with Crippen molar-refractivity contribution in [2.75, 3.05) is 0 Å². The van der Waals surface area contributed by atoms with Gasteiger partial charge in [0.1, 0.15) is 0 Å². The maximum Gasteiger partial charge on any atom is 0.0541 e. The lowest BCUT2D eigenvalue weighted by molar-refractivity contribution is 1.18. The Balaban J connectivity index is 1.07. The van der Waals surface area contributed by atoms with Gasteiger partial charge >= 0.3 is 0 Å². The first kappa shape index (κ1) is 32.1. The topological polar surface area (TPSA) is 9.86 Å². The van der Waals surface area contributed by atoms with Crippen LogP contribution in [0.1, 0.15) is 0 Å². The zero-order valence-corrected chi connectivity index (χ0v) is 31.7. The van der Waals surface area contributed by atoms with E-state index in [1.165, 1.54) is 103 Å². The van der Waals surface area contributed by atoms with E-state index in [0.29, 0.717) is 0 Å². The molecule has 57 heavy (non-hydrogen) atoms. The van der Waals surface area contributed by atoms with Crippen LogP contribution in [-0.2, 0) is 0 Å². The van der Waals surface area contributed by atoms with Crippen LogP contribution in [0.4, 0.5) is 0 Å². The summed E-state index contributed by atoms with van der Waals surface area (Å²) in [5, 5.41) is 7.65. The van der Waals surface area contributed by atoms with E-state index in [2.05, 4.69) is 215 Å². The van der Waals surface area contributed by atoms with E-state index in [4.69, 9.17) is 0 Å². The number of para-hydroxylation sites is 3. The zero-order chi connectivity index (χ0) is 37.5. The highest BCUT2D eigenvalue weighted by molar-refractivity contribution is 7.26. The Hall–Kier alpha value is -7.20. The van der Waals surface area contributed by atoms with Crippen LogP contribution in [0.5, 0.6) is 0 Å². The summed E-state index contributed by atoms with van der Waals surface area (Å²) in [7, 11) is 0. The van der Waals surface area contributed by atoms with Crippen LogP contribution in [0.3, 0.4) is 0 Å². The standard InChI is InChI=1S/C54H34N2S/c1-3-14-35(15-4-1)36-16-13-19-41(30-36)56-49-24-11-8-21-43(49)47-32-38(27-29-51(47)56)45-33-39(34-53-54(45)44-22-9-12-25-52(44)57-53)37-26-28-50-46(31-37)42-20-7-10-23-48(42)55(50)40-17-5-2-6-18-40/h1-34H. The highest BCUT2D eigenvalue weighted by atomic mass is 32.1. The molecular formula is C54H34N2S. The molecule has 0 aliphatic heterocycles. The minimum atomic E-state index is 1.16. The molecule has 0 saturated heterocycles. The number of hydrogen-bond donors (Lipinski definition) is 0. The minimum Gasteiger partial charge on any atom is -0.309 e. The fourth-order valence-corrected chi connectivity index (χ4v) is 10.3. The van der Waals surface area contributed by atoms with Gasteiger partial charge in [-0.1, -0.05) is 127 Å². The van der Waals surface area contributed by atoms with Gasteiger partial charge in [0.25, 0.3) is 0 Å². The lowest BCUT2D eigenvalue weighted by atomic mass is 9.93. The maximum absolute atomic E-state index is 2.43. The van der Waals surface area contributed by atoms with Crippen molar-refractivity contribution in [1.82, 2.24) is 9.13 Å². The number of hydrogen-bond acceptors (Lipinski definition) is 1. The first-order chi connectivity index (χ1) is 28.3. The van der Waals surface area contributed by atoms with Gasteiger partial charge in [0.05, 0.1) is 22.1 Å². The molecule has 12 rings (SSSR count). The van der Waals surface area contributed by atoms with Crippen LogP contribution in [0, 0.1) is 0 Å². The number of benzene rings is 9. The Kier molecular flexibility index (Phi) is 7.13. The SMILES string of the molecule is c1ccc(-c2cccc(-n3c4ccccc4c4cc(-c5cc(-c6ccc7c(c6)c6ccccc6n7-c6ccccc6)cc6sc7ccccc7c56)ccc43)c2)cc1. The van der Waals surface area contributed by atoms with Gasteiger partial charge in [0, 0.05) is 53.1 Å². The van der Waals surface area contributed by atoms with E-state index in [0.717, 1.165) is 5.69 Å². The molecule has 0 bridgehead atoms. The van der Waals surface area contributed by atoms with Crippen molar-refractivity contribution in [3.8, 4) is 44.8 Å². The van der Waals surface area contributed by atoms with Gasteiger partial charge in [-0.3, -0.25) is 0 Å². The van der Waals surface area contributed by atoms with Crippen LogP contribution >= 0.6 is 11.3 Å². The molecule has 0 atom stereocenters. The van der Waals surface area contributed by atoms with Crippen molar-refractivity contribution < 1.29 is 0 Å². The smallest absolute Gasteiger partial charge is 0.0541 e. The van der Waals surface area contributed by atoms with Crippen LogP contribution in [0.25, 0.3) is 109 Å². The second-order valence-electron chi connectivity index (χ2n) is 14.9. The maximum atomic E-state index is 2.43. The summed E-state index contributed by atoms with van der Waals surface area (Å²) < 4.78 is 7.42. The molecule has 0 saturated carbocycles. The van der Waals surface area contributed by atoms with Crippen LogP contribution in [0.2, 0.25) is 0 Å². The molecule has 0 N–H and O–H groups in total. The van der Waals surface area contributed by atoms with Crippen molar-refractivity contribution >= 4 is 75.1 Å². The third-order valence-electron chi connectivity index (χ3n) is 11.7. The largest absolute Gasteiger partial charge is 0.309 e. The second kappa shape index (κ2) is 12.7. The van der Waals surface area contributed by atoms with Gasteiger partial charge < -0.3 is 9.13 Å². The molecule has 0 unspecified atom stereocenters. The summed E-state index contributed by atoms with van der Waals surface area (Å²) in [6, 6.07) is 75.7. The molecule has 0 spiro atoms. The predicted molar refractivity (Wildman–Crippen MR) is 244 cm³/mol. The fraction of sp³-hybridized carbons (Fsp3) is 0. The summed E-state index contributed by atoms with van der Waals surface area (Å²) in [5.74, 6) is 0. The van der Waals surface area contributed by atoms with Gasteiger partial charge in [-0.25, -0.2) is 0 Å². The van der Waals surface area contributed by atoms with Crippen molar-refractivity contribution in [3.05, 3.63) is 206 Å². The first-order valence-electron chi connectivity index (χ1n) is 19.5. The summed E-state index contributed by atoms with van der Waals surface area (Å²) >= 11 is 1.89.